The molecule has 0 bridgehead atoms. The molecule has 0 spiro atoms. The Hall–Kier alpha value is -2.61. The second kappa shape index (κ2) is 10.1. The van der Waals surface area contributed by atoms with Crippen LogP contribution >= 0.6 is 23.2 Å². The largest absolute Gasteiger partial charge is 0.345 e. The minimum atomic E-state index is -0.390. The van der Waals surface area contributed by atoms with Crippen molar-refractivity contribution in [2.75, 3.05) is 27.2 Å². The van der Waals surface area contributed by atoms with Crippen LogP contribution in [0.1, 0.15) is 27.4 Å². The molecule has 0 atom stereocenters. The van der Waals surface area contributed by atoms with Gasteiger partial charge in [-0.05, 0) is 45.3 Å². The summed E-state index contributed by atoms with van der Waals surface area (Å²) in [5, 5.41) is 0.941. The lowest BCUT2D eigenvalue weighted by Crippen LogP contribution is -2.39. The maximum atomic E-state index is 13.3. The Morgan fingerprint density at radius 2 is 1.84 bits per heavy atom. The van der Waals surface area contributed by atoms with E-state index in [1.54, 1.807) is 47.6 Å². The number of carbonyl (C=O) groups excluding carboxylic acids is 1. The third-order valence-corrected chi connectivity index (χ3v) is 5.57. The predicted molar refractivity (Wildman–Crippen MR) is 123 cm³/mol. The number of hydrogen-bond acceptors (Lipinski definition) is 4. The number of nitrogens with zero attached hydrogens (tertiary/aromatic N) is 4. The topological polar surface area (TPSA) is 74.2 Å². The number of hydrogen-bond donors (Lipinski definition) is 1. The van der Waals surface area contributed by atoms with E-state index in [0.717, 1.165) is 11.5 Å². The molecule has 31 heavy (non-hydrogen) atoms. The Morgan fingerprint density at radius 1 is 1.13 bits per heavy atom. The first-order chi connectivity index (χ1) is 14.8. The number of amides is 1. The van der Waals surface area contributed by atoms with Gasteiger partial charge in [0.05, 0.1) is 25.0 Å². The number of nitrogens with one attached hydrogen (secondary N) is 1. The van der Waals surface area contributed by atoms with Gasteiger partial charge in [0.2, 0.25) is 0 Å². The Kier molecular flexibility index (Phi) is 7.54. The number of carbonyl (C=O) groups is 1. The molecule has 9 heteroatoms. The Bertz CT molecular complexity index is 1100. The van der Waals surface area contributed by atoms with Gasteiger partial charge >= 0.3 is 0 Å². The predicted octanol–water partition coefficient (Wildman–Crippen LogP) is 3.44. The minimum Gasteiger partial charge on any atom is -0.345 e. The number of likely N-dealkylation sites (N-methyl/N-ethyl adjacent to an activating group) is 1. The van der Waals surface area contributed by atoms with E-state index in [4.69, 9.17) is 23.2 Å². The summed E-state index contributed by atoms with van der Waals surface area (Å²) >= 11 is 12.5. The number of aromatic amines is 1. The molecule has 0 unspecified atom stereocenters. The van der Waals surface area contributed by atoms with E-state index >= 15 is 0 Å². The van der Waals surface area contributed by atoms with E-state index in [1.807, 2.05) is 25.9 Å². The third kappa shape index (κ3) is 5.76. The smallest absolute Gasteiger partial charge is 0.263 e. The summed E-state index contributed by atoms with van der Waals surface area (Å²) in [6.45, 7) is 3.49. The molecule has 0 aliphatic carbocycles. The van der Waals surface area contributed by atoms with Gasteiger partial charge in [0.25, 0.3) is 11.5 Å². The molecular formula is C22H25Cl2N5O2. The normalized spacial score (nSPS) is 11.2. The zero-order valence-electron chi connectivity index (χ0n) is 17.7. The van der Waals surface area contributed by atoms with Crippen LogP contribution in [0.2, 0.25) is 10.0 Å². The van der Waals surface area contributed by atoms with Crippen LogP contribution < -0.4 is 5.56 Å². The summed E-state index contributed by atoms with van der Waals surface area (Å²) in [5.41, 5.74) is 1.15. The van der Waals surface area contributed by atoms with Crippen molar-refractivity contribution >= 4 is 29.1 Å². The van der Waals surface area contributed by atoms with Crippen LogP contribution in [-0.2, 0) is 13.1 Å². The number of benzene rings is 1. The molecule has 0 saturated carbocycles. The lowest BCUT2D eigenvalue weighted by atomic mass is 10.2. The fourth-order valence-corrected chi connectivity index (χ4v) is 3.70. The van der Waals surface area contributed by atoms with Crippen molar-refractivity contribution in [3.05, 3.63) is 85.8 Å². The zero-order chi connectivity index (χ0) is 22.5. The molecule has 3 rings (SSSR count). The SMILES string of the molecule is Cc1ncc(CN(CCN(C)C)C(=O)c2cccn(Cc3c(Cl)cccc3Cl)c2=O)[nH]1. The van der Waals surface area contributed by atoms with Crippen LogP contribution in [0.25, 0.3) is 0 Å². The first-order valence-electron chi connectivity index (χ1n) is 9.83. The van der Waals surface area contributed by atoms with Crippen molar-refractivity contribution < 1.29 is 4.79 Å². The summed E-state index contributed by atoms with van der Waals surface area (Å²) in [4.78, 5) is 37.4. The third-order valence-electron chi connectivity index (χ3n) is 4.86. The summed E-state index contributed by atoms with van der Waals surface area (Å²) in [6, 6.07) is 8.42. The zero-order valence-corrected chi connectivity index (χ0v) is 19.2. The number of pyridine rings is 1. The second-order valence-corrected chi connectivity index (χ2v) is 8.39. The van der Waals surface area contributed by atoms with Crippen LogP contribution in [0.5, 0.6) is 0 Å². The van der Waals surface area contributed by atoms with Gasteiger partial charge in [0, 0.05) is 34.9 Å². The quantitative estimate of drug-likeness (QED) is 0.557. The van der Waals surface area contributed by atoms with Crippen molar-refractivity contribution in [1.82, 2.24) is 24.3 Å². The van der Waals surface area contributed by atoms with E-state index in [0.29, 0.717) is 35.2 Å². The molecule has 1 aromatic carbocycles. The van der Waals surface area contributed by atoms with Crippen LogP contribution in [-0.4, -0.2) is 57.4 Å². The van der Waals surface area contributed by atoms with Gasteiger partial charge in [-0.2, -0.15) is 0 Å². The molecule has 3 aromatic rings. The minimum absolute atomic E-state index is 0.0978. The van der Waals surface area contributed by atoms with E-state index in [2.05, 4.69) is 9.97 Å². The van der Waals surface area contributed by atoms with Gasteiger partial charge in [-0.15, -0.1) is 0 Å². The second-order valence-electron chi connectivity index (χ2n) is 7.58. The number of rotatable bonds is 8. The fraction of sp³-hybridized carbons (Fsp3) is 0.318. The Labute approximate surface area is 191 Å². The van der Waals surface area contributed by atoms with E-state index < -0.39 is 0 Å². The molecule has 2 heterocycles. The molecule has 0 saturated heterocycles. The molecule has 1 N–H and O–H groups in total. The standard InChI is InChI=1S/C22H25Cl2N5O2/c1-15-25-12-16(26-15)13-29(11-10-27(2)3)22(31)17-6-5-9-28(21(17)30)14-18-19(23)7-4-8-20(18)24/h4-9,12H,10-11,13-14H2,1-3H3,(H,25,26). The van der Waals surface area contributed by atoms with Crippen molar-refractivity contribution in [1.29, 1.82) is 0 Å². The van der Waals surface area contributed by atoms with Crippen LogP contribution in [0, 0.1) is 6.92 Å². The molecule has 164 valence electrons. The molecule has 7 nitrogen and oxygen atoms in total. The molecule has 0 radical (unpaired) electrons. The fourth-order valence-electron chi connectivity index (χ4n) is 3.18. The number of aryl methyl sites for hydroxylation is 1. The average Bonchev–Trinajstić information content (AvgIpc) is 3.13. The van der Waals surface area contributed by atoms with E-state index in [1.165, 1.54) is 4.57 Å². The summed E-state index contributed by atoms with van der Waals surface area (Å²) in [6.07, 6.45) is 3.33. The molecule has 0 aliphatic heterocycles. The molecule has 1 amide bonds. The van der Waals surface area contributed by atoms with Crippen LogP contribution in [0.15, 0.2) is 47.5 Å². The monoisotopic (exact) mass is 461 g/mol. The van der Waals surface area contributed by atoms with Crippen molar-refractivity contribution in [3.8, 4) is 0 Å². The number of H-pyrrole nitrogens is 1. The highest BCUT2D eigenvalue weighted by molar-refractivity contribution is 6.35. The van der Waals surface area contributed by atoms with Gasteiger partial charge < -0.3 is 19.4 Å². The average molecular weight is 462 g/mol. The maximum Gasteiger partial charge on any atom is 0.263 e. The van der Waals surface area contributed by atoms with E-state index in [-0.39, 0.29) is 23.6 Å². The van der Waals surface area contributed by atoms with Crippen molar-refractivity contribution in [2.45, 2.75) is 20.0 Å². The van der Waals surface area contributed by atoms with Crippen LogP contribution in [0.4, 0.5) is 0 Å². The van der Waals surface area contributed by atoms with Gasteiger partial charge in [-0.1, -0.05) is 29.3 Å². The van der Waals surface area contributed by atoms with Gasteiger partial charge in [-0.25, -0.2) is 4.98 Å². The first kappa shape index (κ1) is 23.1. The van der Waals surface area contributed by atoms with E-state index in [9.17, 15) is 9.59 Å². The molecular weight excluding hydrogens is 437 g/mol. The lowest BCUT2D eigenvalue weighted by molar-refractivity contribution is 0.0727. The Balaban J connectivity index is 1.90. The summed E-state index contributed by atoms with van der Waals surface area (Å²) < 4.78 is 1.45. The van der Waals surface area contributed by atoms with Gasteiger partial charge in [-0.3, -0.25) is 9.59 Å². The maximum absolute atomic E-state index is 13.3. The molecule has 0 fully saturated rings. The van der Waals surface area contributed by atoms with Crippen molar-refractivity contribution in [3.63, 3.8) is 0 Å². The molecule has 0 aliphatic rings. The number of aromatic nitrogens is 3. The van der Waals surface area contributed by atoms with Crippen molar-refractivity contribution in [2.24, 2.45) is 0 Å². The number of halogens is 2. The highest BCUT2D eigenvalue weighted by Gasteiger charge is 2.21. The lowest BCUT2D eigenvalue weighted by Gasteiger charge is -2.24. The summed E-state index contributed by atoms with van der Waals surface area (Å²) in [5.74, 6) is 0.437. The molecule has 2 aromatic heterocycles. The summed E-state index contributed by atoms with van der Waals surface area (Å²) in [7, 11) is 3.87. The van der Waals surface area contributed by atoms with Gasteiger partial charge in [0.15, 0.2) is 0 Å². The highest BCUT2D eigenvalue weighted by atomic mass is 35.5. The number of imidazole rings is 1. The Morgan fingerprint density at radius 3 is 2.45 bits per heavy atom. The first-order valence-corrected chi connectivity index (χ1v) is 10.6. The van der Waals surface area contributed by atoms with Gasteiger partial charge in [0.1, 0.15) is 11.4 Å². The highest BCUT2D eigenvalue weighted by Crippen LogP contribution is 2.24. The van der Waals surface area contributed by atoms with Crippen LogP contribution in [0.3, 0.4) is 0 Å².